The molecule has 1 heterocycles. The van der Waals surface area contributed by atoms with E-state index in [1.54, 1.807) is 7.11 Å². The molecule has 1 aromatic rings. The zero-order chi connectivity index (χ0) is 17.9. The minimum atomic E-state index is 0.117. The number of carbonyl (C=O) groups excluding carboxylic acids is 1. The van der Waals surface area contributed by atoms with Crippen molar-refractivity contribution in [2.45, 2.75) is 38.3 Å². The van der Waals surface area contributed by atoms with Gasteiger partial charge in [-0.15, -0.1) is 0 Å². The molecular weight excluding hydrogens is 328 g/mol. The average Bonchev–Trinajstić information content (AvgIpc) is 3.52. The van der Waals surface area contributed by atoms with E-state index in [4.69, 9.17) is 9.47 Å². The minimum absolute atomic E-state index is 0.117. The van der Waals surface area contributed by atoms with Crippen molar-refractivity contribution < 1.29 is 14.3 Å². The van der Waals surface area contributed by atoms with Gasteiger partial charge < -0.3 is 14.4 Å². The van der Waals surface area contributed by atoms with E-state index in [1.165, 1.54) is 25.7 Å². The molecule has 1 unspecified atom stereocenters. The maximum Gasteiger partial charge on any atom is 0.237 e. The molecule has 3 aliphatic rings. The van der Waals surface area contributed by atoms with Crippen molar-refractivity contribution in [3.8, 4) is 5.75 Å². The highest BCUT2D eigenvalue weighted by atomic mass is 16.5. The van der Waals surface area contributed by atoms with Gasteiger partial charge in [-0.1, -0.05) is 12.1 Å². The van der Waals surface area contributed by atoms with Gasteiger partial charge in [0.15, 0.2) is 0 Å². The molecule has 3 fully saturated rings. The number of amides is 1. The Bertz CT molecular complexity index is 627. The summed E-state index contributed by atoms with van der Waals surface area (Å²) in [6.45, 7) is 4.60. The molecule has 1 aliphatic heterocycles. The lowest BCUT2D eigenvalue weighted by Crippen LogP contribution is -2.37. The predicted molar refractivity (Wildman–Crippen MR) is 100 cm³/mol. The molecular formula is C21H30N2O3. The molecule has 4 rings (SSSR count). The molecule has 1 aromatic carbocycles. The van der Waals surface area contributed by atoms with Gasteiger partial charge in [0.25, 0.3) is 0 Å². The Morgan fingerprint density at radius 3 is 2.65 bits per heavy atom. The van der Waals surface area contributed by atoms with Crippen molar-refractivity contribution in [2.75, 3.05) is 39.9 Å². The molecule has 1 atom stereocenters. The molecule has 2 saturated carbocycles. The monoisotopic (exact) mass is 358 g/mol. The van der Waals surface area contributed by atoms with Crippen LogP contribution in [0.3, 0.4) is 0 Å². The Morgan fingerprint density at radius 2 is 1.92 bits per heavy atom. The maximum absolute atomic E-state index is 12.9. The van der Waals surface area contributed by atoms with E-state index < -0.39 is 0 Å². The van der Waals surface area contributed by atoms with E-state index in [9.17, 15) is 4.79 Å². The molecule has 0 N–H and O–H groups in total. The van der Waals surface area contributed by atoms with Crippen molar-refractivity contribution in [3.63, 3.8) is 0 Å². The number of hydrogen-bond acceptors (Lipinski definition) is 4. The van der Waals surface area contributed by atoms with Crippen LogP contribution in [-0.4, -0.2) is 61.7 Å². The van der Waals surface area contributed by atoms with Crippen molar-refractivity contribution in [1.29, 1.82) is 0 Å². The standard InChI is InChI=1S/C21H30N2O3/c1-25-19-4-2-3-18(9-19)11-23-13-20(26-15-17-7-8-17)12-22(14-21(23)24)10-16-5-6-16/h2-4,9,16-17,20H,5-8,10-15H2,1H3. The summed E-state index contributed by atoms with van der Waals surface area (Å²) in [6, 6.07) is 7.99. The van der Waals surface area contributed by atoms with Crippen molar-refractivity contribution in [3.05, 3.63) is 29.8 Å². The van der Waals surface area contributed by atoms with E-state index in [-0.39, 0.29) is 12.0 Å². The lowest BCUT2D eigenvalue weighted by Gasteiger charge is -2.25. The van der Waals surface area contributed by atoms with Crippen LogP contribution < -0.4 is 4.74 Å². The Morgan fingerprint density at radius 1 is 1.12 bits per heavy atom. The summed E-state index contributed by atoms with van der Waals surface area (Å²) in [5.41, 5.74) is 1.11. The zero-order valence-corrected chi connectivity index (χ0v) is 15.7. The number of nitrogens with zero attached hydrogens (tertiary/aromatic N) is 2. The highest BCUT2D eigenvalue weighted by Crippen LogP contribution is 2.31. The Hall–Kier alpha value is -1.59. The number of carbonyl (C=O) groups is 1. The van der Waals surface area contributed by atoms with Gasteiger partial charge in [0.2, 0.25) is 5.91 Å². The summed E-state index contributed by atoms with van der Waals surface area (Å²) in [7, 11) is 1.67. The normalized spacial score (nSPS) is 24.6. The van der Waals surface area contributed by atoms with Gasteiger partial charge in [-0.2, -0.15) is 0 Å². The SMILES string of the molecule is COc1cccc(CN2CC(OCC3CC3)CN(CC3CC3)CC2=O)c1. The third-order valence-electron chi connectivity index (χ3n) is 5.58. The van der Waals surface area contributed by atoms with Crippen LogP contribution in [-0.2, 0) is 16.1 Å². The number of ether oxygens (including phenoxy) is 2. The van der Waals surface area contributed by atoms with Crippen LogP contribution in [0, 0.1) is 11.8 Å². The van der Waals surface area contributed by atoms with Crippen molar-refractivity contribution in [2.24, 2.45) is 11.8 Å². The van der Waals surface area contributed by atoms with E-state index in [2.05, 4.69) is 11.0 Å². The second-order valence-electron chi connectivity index (χ2n) is 8.16. The van der Waals surface area contributed by atoms with E-state index in [0.717, 1.165) is 42.8 Å². The van der Waals surface area contributed by atoms with Crippen LogP contribution in [0.25, 0.3) is 0 Å². The smallest absolute Gasteiger partial charge is 0.237 e. The van der Waals surface area contributed by atoms with E-state index in [0.29, 0.717) is 19.6 Å². The minimum Gasteiger partial charge on any atom is -0.497 e. The largest absolute Gasteiger partial charge is 0.497 e. The van der Waals surface area contributed by atoms with Gasteiger partial charge in [0, 0.05) is 32.8 Å². The molecule has 1 saturated heterocycles. The second-order valence-corrected chi connectivity index (χ2v) is 8.16. The highest BCUT2D eigenvalue weighted by Gasteiger charge is 2.33. The molecule has 2 aliphatic carbocycles. The summed E-state index contributed by atoms with van der Waals surface area (Å²) in [4.78, 5) is 17.2. The summed E-state index contributed by atoms with van der Waals surface area (Å²) in [6.07, 6.45) is 5.33. The van der Waals surface area contributed by atoms with Crippen LogP contribution in [0.1, 0.15) is 31.2 Å². The third kappa shape index (κ3) is 4.98. The molecule has 26 heavy (non-hydrogen) atoms. The second kappa shape index (κ2) is 7.97. The summed E-state index contributed by atoms with van der Waals surface area (Å²) < 4.78 is 11.5. The molecule has 5 nitrogen and oxygen atoms in total. The first-order valence-corrected chi connectivity index (χ1v) is 9.94. The quantitative estimate of drug-likeness (QED) is 0.716. The topological polar surface area (TPSA) is 42.0 Å². The lowest BCUT2D eigenvalue weighted by atomic mass is 10.2. The van der Waals surface area contributed by atoms with E-state index in [1.807, 2.05) is 23.1 Å². The molecule has 142 valence electrons. The fraction of sp³-hybridized carbons (Fsp3) is 0.667. The van der Waals surface area contributed by atoms with Crippen molar-refractivity contribution >= 4 is 5.91 Å². The zero-order valence-electron chi connectivity index (χ0n) is 15.7. The van der Waals surface area contributed by atoms with Crippen molar-refractivity contribution in [1.82, 2.24) is 9.80 Å². The van der Waals surface area contributed by atoms with E-state index >= 15 is 0 Å². The maximum atomic E-state index is 12.9. The summed E-state index contributed by atoms with van der Waals surface area (Å²) in [5, 5.41) is 0. The molecule has 0 aromatic heterocycles. The van der Waals surface area contributed by atoms with Crippen LogP contribution in [0.2, 0.25) is 0 Å². The van der Waals surface area contributed by atoms with Crippen LogP contribution in [0.5, 0.6) is 5.75 Å². The lowest BCUT2D eigenvalue weighted by molar-refractivity contribution is -0.132. The van der Waals surface area contributed by atoms with Gasteiger partial charge in [0.05, 0.1) is 19.8 Å². The fourth-order valence-electron chi connectivity index (χ4n) is 3.66. The van der Waals surface area contributed by atoms with Gasteiger partial charge in [-0.05, 0) is 55.2 Å². The molecule has 0 radical (unpaired) electrons. The first-order chi connectivity index (χ1) is 12.7. The number of hydrogen-bond donors (Lipinski definition) is 0. The van der Waals surface area contributed by atoms with Crippen LogP contribution in [0.4, 0.5) is 0 Å². The summed E-state index contributed by atoms with van der Waals surface area (Å²) in [5.74, 6) is 2.59. The first kappa shape index (κ1) is 17.8. The Kier molecular flexibility index (Phi) is 5.46. The van der Waals surface area contributed by atoms with Crippen LogP contribution in [0.15, 0.2) is 24.3 Å². The summed E-state index contributed by atoms with van der Waals surface area (Å²) >= 11 is 0. The van der Waals surface area contributed by atoms with Gasteiger partial charge in [0.1, 0.15) is 5.75 Å². The first-order valence-electron chi connectivity index (χ1n) is 9.94. The fourth-order valence-corrected chi connectivity index (χ4v) is 3.66. The third-order valence-corrected chi connectivity index (χ3v) is 5.58. The average molecular weight is 358 g/mol. The van der Waals surface area contributed by atoms with Gasteiger partial charge in [-0.25, -0.2) is 0 Å². The number of benzene rings is 1. The predicted octanol–water partition coefficient (Wildman–Crippen LogP) is 2.54. The highest BCUT2D eigenvalue weighted by molar-refractivity contribution is 5.78. The Labute approximate surface area is 156 Å². The number of methoxy groups -OCH3 is 1. The molecule has 0 spiro atoms. The van der Waals surface area contributed by atoms with Gasteiger partial charge in [-0.3, -0.25) is 9.69 Å². The molecule has 5 heteroatoms. The van der Waals surface area contributed by atoms with Crippen LogP contribution >= 0.6 is 0 Å². The molecule has 1 amide bonds. The number of rotatable bonds is 8. The van der Waals surface area contributed by atoms with Gasteiger partial charge >= 0.3 is 0 Å². The Balaban J connectivity index is 1.43. The molecule has 0 bridgehead atoms.